The van der Waals surface area contributed by atoms with Gasteiger partial charge in [-0.2, -0.15) is 4.98 Å². The van der Waals surface area contributed by atoms with E-state index in [0.29, 0.717) is 24.7 Å². The molecule has 8 heteroatoms. The van der Waals surface area contributed by atoms with E-state index in [4.69, 9.17) is 4.74 Å². The molecule has 120 valence electrons. The number of hydrogen-bond acceptors (Lipinski definition) is 7. The number of likely N-dealkylation sites (tertiary alicyclic amines) is 1. The largest absolute Gasteiger partial charge is 0.471 e. The number of rotatable bonds is 4. The molecule has 3 heterocycles. The number of carbonyl (C=O) groups excluding carboxylic acids is 1. The second kappa shape index (κ2) is 6.55. The Morgan fingerprint density at radius 2 is 2.13 bits per heavy atom. The number of nitrogens with zero attached hydrogens (tertiary/aromatic N) is 6. The zero-order chi connectivity index (χ0) is 16.2. The third-order valence-electron chi connectivity index (χ3n) is 3.56. The van der Waals surface area contributed by atoms with Crippen molar-refractivity contribution in [3.63, 3.8) is 0 Å². The van der Waals surface area contributed by atoms with Gasteiger partial charge in [-0.1, -0.05) is 0 Å². The van der Waals surface area contributed by atoms with Crippen molar-refractivity contribution >= 4 is 11.7 Å². The van der Waals surface area contributed by atoms with E-state index in [9.17, 15) is 4.79 Å². The molecule has 23 heavy (non-hydrogen) atoms. The molecule has 0 saturated carbocycles. The van der Waals surface area contributed by atoms with Crippen molar-refractivity contribution in [1.82, 2.24) is 24.8 Å². The molecule has 0 radical (unpaired) electrons. The maximum absolute atomic E-state index is 12.3. The van der Waals surface area contributed by atoms with Gasteiger partial charge in [-0.25, -0.2) is 4.98 Å². The minimum Gasteiger partial charge on any atom is -0.471 e. The SMILES string of the molecule is CN(C)c1cncc(O[C@@H]2CCN(C(=O)c3cnccn3)C2)n1. The van der Waals surface area contributed by atoms with Gasteiger partial charge in [0, 0.05) is 39.5 Å². The van der Waals surface area contributed by atoms with Crippen LogP contribution in [0.4, 0.5) is 5.82 Å². The van der Waals surface area contributed by atoms with Gasteiger partial charge in [0.2, 0.25) is 5.88 Å². The van der Waals surface area contributed by atoms with E-state index in [0.717, 1.165) is 12.2 Å². The maximum atomic E-state index is 12.3. The van der Waals surface area contributed by atoms with Crippen molar-refractivity contribution in [1.29, 1.82) is 0 Å². The van der Waals surface area contributed by atoms with Crippen LogP contribution in [0.25, 0.3) is 0 Å². The Balaban J connectivity index is 1.62. The van der Waals surface area contributed by atoms with Crippen molar-refractivity contribution in [2.45, 2.75) is 12.5 Å². The Bertz CT molecular complexity index is 679. The Morgan fingerprint density at radius 1 is 1.26 bits per heavy atom. The molecule has 0 bridgehead atoms. The quantitative estimate of drug-likeness (QED) is 0.818. The van der Waals surface area contributed by atoms with Crippen molar-refractivity contribution in [2.75, 3.05) is 32.1 Å². The minimum absolute atomic E-state index is 0.0951. The summed E-state index contributed by atoms with van der Waals surface area (Å²) in [4.78, 5) is 32.4. The van der Waals surface area contributed by atoms with E-state index < -0.39 is 0 Å². The van der Waals surface area contributed by atoms with Crippen LogP contribution >= 0.6 is 0 Å². The molecule has 8 nitrogen and oxygen atoms in total. The molecule has 0 N–H and O–H groups in total. The van der Waals surface area contributed by atoms with Crippen LogP contribution in [-0.2, 0) is 0 Å². The van der Waals surface area contributed by atoms with Crippen LogP contribution in [-0.4, -0.2) is 64.0 Å². The lowest BCUT2D eigenvalue weighted by atomic mass is 10.3. The van der Waals surface area contributed by atoms with Gasteiger partial charge in [0.25, 0.3) is 5.91 Å². The number of ether oxygens (including phenoxy) is 1. The zero-order valence-corrected chi connectivity index (χ0v) is 13.1. The fourth-order valence-electron chi connectivity index (χ4n) is 2.36. The molecular formula is C15H18N6O2. The normalized spacial score (nSPS) is 17.1. The van der Waals surface area contributed by atoms with Gasteiger partial charge in [0.05, 0.1) is 25.1 Å². The first kappa shape index (κ1) is 15.1. The Hall–Kier alpha value is -2.77. The van der Waals surface area contributed by atoms with Crippen LogP contribution in [0.2, 0.25) is 0 Å². The molecule has 3 rings (SSSR count). The molecule has 0 unspecified atom stereocenters. The van der Waals surface area contributed by atoms with E-state index >= 15 is 0 Å². The first-order valence-corrected chi connectivity index (χ1v) is 7.35. The summed E-state index contributed by atoms with van der Waals surface area (Å²) in [5.74, 6) is 1.07. The number of anilines is 1. The maximum Gasteiger partial charge on any atom is 0.274 e. The molecule has 1 aliphatic heterocycles. The highest BCUT2D eigenvalue weighted by molar-refractivity contribution is 5.92. The number of hydrogen-bond donors (Lipinski definition) is 0. The highest BCUT2D eigenvalue weighted by Gasteiger charge is 2.29. The lowest BCUT2D eigenvalue weighted by Crippen LogP contribution is -2.31. The highest BCUT2D eigenvalue weighted by atomic mass is 16.5. The van der Waals surface area contributed by atoms with Crippen molar-refractivity contribution in [3.8, 4) is 5.88 Å². The second-order valence-corrected chi connectivity index (χ2v) is 5.48. The van der Waals surface area contributed by atoms with E-state index in [1.54, 1.807) is 23.5 Å². The van der Waals surface area contributed by atoms with Crippen LogP contribution in [0.1, 0.15) is 16.9 Å². The van der Waals surface area contributed by atoms with E-state index in [1.807, 2.05) is 19.0 Å². The average Bonchev–Trinajstić information content (AvgIpc) is 3.03. The second-order valence-electron chi connectivity index (χ2n) is 5.48. The smallest absolute Gasteiger partial charge is 0.274 e. The number of amides is 1. The van der Waals surface area contributed by atoms with Gasteiger partial charge in [-0.15, -0.1) is 0 Å². The lowest BCUT2D eigenvalue weighted by molar-refractivity contribution is 0.0765. The summed E-state index contributed by atoms with van der Waals surface area (Å²) in [5, 5.41) is 0. The van der Waals surface area contributed by atoms with E-state index in [2.05, 4.69) is 19.9 Å². The number of aromatic nitrogens is 4. The van der Waals surface area contributed by atoms with Gasteiger partial charge >= 0.3 is 0 Å². The summed E-state index contributed by atoms with van der Waals surface area (Å²) in [6.45, 7) is 1.13. The Kier molecular flexibility index (Phi) is 4.31. The fourth-order valence-corrected chi connectivity index (χ4v) is 2.36. The summed E-state index contributed by atoms with van der Waals surface area (Å²) in [7, 11) is 3.79. The van der Waals surface area contributed by atoms with Crippen molar-refractivity contribution < 1.29 is 9.53 Å². The van der Waals surface area contributed by atoms with Gasteiger partial charge in [0.1, 0.15) is 11.8 Å². The van der Waals surface area contributed by atoms with Crippen LogP contribution in [0, 0.1) is 0 Å². The van der Waals surface area contributed by atoms with Crippen molar-refractivity contribution in [2.24, 2.45) is 0 Å². The molecule has 1 amide bonds. The van der Waals surface area contributed by atoms with E-state index in [-0.39, 0.29) is 12.0 Å². The van der Waals surface area contributed by atoms with Crippen LogP contribution in [0.15, 0.2) is 31.0 Å². The van der Waals surface area contributed by atoms with Gasteiger partial charge < -0.3 is 14.5 Å². The van der Waals surface area contributed by atoms with Crippen LogP contribution in [0.3, 0.4) is 0 Å². The molecule has 0 spiro atoms. The summed E-state index contributed by atoms with van der Waals surface area (Å²) in [6, 6.07) is 0. The molecule has 0 aliphatic carbocycles. The lowest BCUT2D eigenvalue weighted by Gasteiger charge is -2.17. The predicted octanol–water partition coefficient (Wildman–Crippen LogP) is 0.626. The van der Waals surface area contributed by atoms with Gasteiger partial charge in [-0.05, 0) is 0 Å². The molecule has 1 aliphatic rings. The minimum atomic E-state index is -0.127. The third-order valence-corrected chi connectivity index (χ3v) is 3.56. The predicted molar refractivity (Wildman–Crippen MR) is 83.3 cm³/mol. The summed E-state index contributed by atoms with van der Waals surface area (Å²) >= 11 is 0. The Morgan fingerprint density at radius 3 is 2.87 bits per heavy atom. The fraction of sp³-hybridized carbons (Fsp3) is 0.400. The zero-order valence-electron chi connectivity index (χ0n) is 13.1. The Labute approximate surface area is 134 Å². The number of carbonyl (C=O) groups is 1. The van der Waals surface area contributed by atoms with E-state index in [1.165, 1.54) is 12.4 Å². The summed E-state index contributed by atoms with van der Waals surface area (Å²) < 4.78 is 5.85. The molecule has 0 aromatic carbocycles. The summed E-state index contributed by atoms with van der Waals surface area (Å²) in [6.07, 6.45) is 8.44. The average molecular weight is 314 g/mol. The monoisotopic (exact) mass is 314 g/mol. The highest BCUT2D eigenvalue weighted by Crippen LogP contribution is 2.19. The molecular weight excluding hydrogens is 296 g/mol. The first-order valence-electron chi connectivity index (χ1n) is 7.35. The molecule has 2 aromatic heterocycles. The third kappa shape index (κ3) is 3.53. The molecule has 1 saturated heterocycles. The van der Waals surface area contributed by atoms with Gasteiger partial charge in [-0.3, -0.25) is 14.8 Å². The molecule has 1 atom stereocenters. The van der Waals surface area contributed by atoms with Crippen LogP contribution in [0.5, 0.6) is 5.88 Å². The van der Waals surface area contributed by atoms with Crippen molar-refractivity contribution in [3.05, 3.63) is 36.7 Å². The topological polar surface area (TPSA) is 84.3 Å². The standard InChI is InChI=1S/C15H18N6O2/c1-20(2)13-8-17-9-14(19-13)23-11-3-6-21(10-11)15(22)12-7-16-4-5-18-12/h4-5,7-9,11H,3,6,10H2,1-2H3/t11-/m1/s1. The summed E-state index contributed by atoms with van der Waals surface area (Å²) in [5.41, 5.74) is 0.350. The molecule has 2 aromatic rings. The molecule has 1 fully saturated rings. The van der Waals surface area contributed by atoms with Gasteiger partial charge in [0.15, 0.2) is 5.82 Å². The first-order chi connectivity index (χ1) is 11.1. The van der Waals surface area contributed by atoms with Crippen LogP contribution < -0.4 is 9.64 Å².